The Labute approximate surface area is 122 Å². The Balaban J connectivity index is 1.65. The Bertz CT molecular complexity index is 329. The van der Waals surface area contributed by atoms with E-state index < -0.39 is 0 Å². The van der Waals surface area contributed by atoms with Crippen LogP contribution in [-0.2, 0) is 6.42 Å². The topological polar surface area (TPSA) is 15.3 Å². The molecule has 0 radical (unpaired) electrons. The van der Waals surface area contributed by atoms with Crippen LogP contribution in [0.15, 0.2) is 17.5 Å². The summed E-state index contributed by atoms with van der Waals surface area (Å²) in [6.45, 7) is 4.64. The Hall–Kier alpha value is -0.380. The molecule has 1 saturated carbocycles. The summed E-state index contributed by atoms with van der Waals surface area (Å²) >= 11 is 1.88. The Kier molecular flexibility index (Phi) is 6.35. The summed E-state index contributed by atoms with van der Waals surface area (Å²) in [6, 6.07) is 6.00. The Morgan fingerprint density at radius 2 is 2.11 bits per heavy atom. The average molecular weight is 280 g/mol. The van der Waals surface area contributed by atoms with Crippen molar-refractivity contribution in [1.29, 1.82) is 0 Å². The SMILES string of the molecule is CCCNC1CCC(N(C)CCc2cccs2)CC1. The first-order valence-corrected chi connectivity index (χ1v) is 8.63. The van der Waals surface area contributed by atoms with Gasteiger partial charge in [-0.1, -0.05) is 13.0 Å². The lowest BCUT2D eigenvalue weighted by Crippen LogP contribution is -2.41. The molecule has 2 rings (SSSR count). The maximum Gasteiger partial charge on any atom is 0.00935 e. The zero-order chi connectivity index (χ0) is 13.5. The fraction of sp³-hybridized carbons (Fsp3) is 0.750. The van der Waals surface area contributed by atoms with Crippen LogP contribution >= 0.6 is 11.3 Å². The molecule has 0 amide bonds. The summed E-state index contributed by atoms with van der Waals surface area (Å²) in [6.07, 6.45) is 7.90. The number of rotatable bonds is 7. The van der Waals surface area contributed by atoms with Crippen LogP contribution in [0.25, 0.3) is 0 Å². The van der Waals surface area contributed by atoms with E-state index in [1.165, 1.54) is 56.5 Å². The van der Waals surface area contributed by atoms with Gasteiger partial charge in [0.15, 0.2) is 0 Å². The molecule has 108 valence electrons. The first kappa shape index (κ1) is 15.0. The van der Waals surface area contributed by atoms with E-state index in [0.717, 1.165) is 12.1 Å². The highest BCUT2D eigenvalue weighted by Crippen LogP contribution is 2.23. The second-order valence-corrected chi connectivity index (χ2v) is 6.80. The monoisotopic (exact) mass is 280 g/mol. The molecule has 1 aromatic rings. The van der Waals surface area contributed by atoms with Crippen molar-refractivity contribution in [2.45, 2.75) is 57.5 Å². The van der Waals surface area contributed by atoms with Crippen molar-refractivity contribution in [3.63, 3.8) is 0 Å². The molecule has 0 unspecified atom stereocenters. The lowest BCUT2D eigenvalue weighted by molar-refractivity contribution is 0.176. The van der Waals surface area contributed by atoms with Gasteiger partial charge in [0, 0.05) is 23.5 Å². The van der Waals surface area contributed by atoms with Gasteiger partial charge in [0.05, 0.1) is 0 Å². The molecule has 1 fully saturated rings. The fourth-order valence-electron chi connectivity index (χ4n) is 2.99. The van der Waals surface area contributed by atoms with Crippen LogP contribution in [0.1, 0.15) is 43.9 Å². The molecule has 19 heavy (non-hydrogen) atoms. The Morgan fingerprint density at radius 3 is 2.74 bits per heavy atom. The van der Waals surface area contributed by atoms with Gasteiger partial charge in [-0.2, -0.15) is 0 Å². The fourth-order valence-corrected chi connectivity index (χ4v) is 3.69. The van der Waals surface area contributed by atoms with E-state index in [9.17, 15) is 0 Å². The molecular weight excluding hydrogens is 252 g/mol. The maximum absolute atomic E-state index is 3.67. The van der Waals surface area contributed by atoms with Crippen molar-refractivity contribution in [2.24, 2.45) is 0 Å². The number of hydrogen-bond donors (Lipinski definition) is 1. The van der Waals surface area contributed by atoms with Crippen LogP contribution in [0.4, 0.5) is 0 Å². The van der Waals surface area contributed by atoms with Crippen molar-refractivity contribution in [3.8, 4) is 0 Å². The smallest absolute Gasteiger partial charge is 0.00935 e. The molecule has 0 saturated heterocycles. The molecule has 0 aromatic carbocycles. The van der Waals surface area contributed by atoms with Crippen molar-refractivity contribution < 1.29 is 0 Å². The van der Waals surface area contributed by atoms with Gasteiger partial charge in [0.25, 0.3) is 0 Å². The van der Waals surface area contributed by atoms with E-state index in [-0.39, 0.29) is 0 Å². The normalized spacial score (nSPS) is 23.9. The van der Waals surface area contributed by atoms with Crippen LogP contribution in [0.2, 0.25) is 0 Å². The molecule has 0 spiro atoms. The standard InChI is InChI=1S/C16H28N2S/c1-3-11-17-14-6-8-15(9-7-14)18(2)12-10-16-5-4-13-19-16/h4-5,13-15,17H,3,6-12H2,1-2H3. The summed E-state index contributed by atoms with van der Waals surface area (Å²) in [5.74, 6) is 0. The van der Waals surface area contributed by atoms with Crippen LogP contribution in [0.5, 0.6) is 0 Å². The van der Waals surface area contributed by atoms with E-state index in [1.54, 1.807) is 0 Å². The van der Waals surface area contributed by atoms with Gasteiger partial charge in [-0.05, 0) is 63.6 Å². The average Bonchev–Trinajstić information content (AvgIpc) is 2.96. The molecule has 0 atom stereocenters. The van der Waals surface area contributed by atoms with Gasteiger partial charge in [0.1, 0.15) is 0 Å². The number of hydrogen-bond acceptors (Lipinski definition) is 3. The highest BCUT2D eigenvalue weighted by atomic mass is 32.1. The van der Waals surface area contributed by atoms with Crippen LogP contribution in [0.3, 0.4) is 0 Å². The molecule has 0 aliphatic heterocycles. The van der Waals surface area contributed by atoms with Crippen molar-refractivity contribution in [3.05, 3.63) is 22.4 Å². The minimum atomic E-state index is 0.780. The molecule has 1 aliphatic carbocycles. The number of nitrogens with one attached hydrogen (secondary N) is 1. The highest BCUT2D eigenvalue weighted by Gasteiger charge is 2.23. The molecule has 0 bridgehead atoms. The molecule has 3 heteroatoms. The summed E-state index contributed by atoms with van der Waals surface area (Å²) in [4.78, 5) is 4.10. The van der Waals surface area contributed by atoms with Gasteiger partial charge in [0.2, 0.25) is 0 Å². The summed E-state index contributed by atoms with van der Waals surface area (Å²) in [7, 11) is 2.30. The predicted molar refractivity (Wildman–Crippen MR) is 85.0 cm³/mol. The van der Waals surface area contributed by atoms with Crippen molar-refractivity contribution in [1.82, 2.24) is 10.2 Å². The summed E-state index contributed by atoms with van der Waals surface area (Å²) in [5.41, 5.74) is 0. The molecular formula is C16H28N2S. The van der Waals surface area contributed by atoms with E-state index in [1.807, 2.05) is 11.3 Å². The van der Waals surface area contributed by atoms with Gasteiger partial charge in [-0.15, -0.1) is 11.3 Å². The zero-order valence-electron chi connectivity index (χ0n) is 12.4. The number of likely N-dealkylation sites (N-methyl/N-ethyl adjacent to an activating group) is 1. The summed E-state index contributed by atoms with van der Waals surface area (Å²) < 4.78 is 0. The molecule has 2 nitrogen and oxygen atoms in total. The van der Waals surface area contributed by atoms with Gasteiger partial charge < -0.3 is 10.2 Å². The third kappa shape index (κ3) is 4.90. The van der Waals surface area contributed by atoms with Crippen LogP contribution in [0, 0.1) is 0 Å². The second-order valence-electron chi connectivity index (χ2n) is 5.77. The second kappa shape index (κ2) is 8.03. The predicted octanol–water partition coefficient (Wildman–Crippen LogP) is 3.53. The summed E-state index contributed by atoms with van der Waals surface area (Å²) in [5, 5.41) is 5.85. The van der Waals surface area contributed by atoms with E-state index >= 15 is 0 Å². The third-order valence-electron chi connectivity index (χ3n) is 4.29. The quantitative estimate of drug-likeness (QED) is 0.822. The third-order valence-corrected chi connectivity index (χ3v) is 5.23. The largest absolute Gasteiger partial charge is 0.314 e. The number of thiophene rings is 1. The Morgan fingerprint density at radius 1 is 1.32 bits per heavy atom. The molecule has 1 aliphatic rings. The highest BCUT2D eigenvalue weighted by molar-refractivity contribution is 7.09. The molecule has 1 aromatic heterocycles. The van der Waals surface area contributed by atoms with Gasteiger partial charge in [-0.25, -0.2) is 0 Å². The van der Waals surface area contributed by atoms with Gasteiger partial charge in [-0.3, -0.25) is 0 Å². The first-order chi connectivity index (χ1) is 9.29. The maximum atomic E-state index is 3.67. The van der Waals surface area contributed by atoms with E-state index in [0.29, 0.717) is 0 Å². The lowest BCUT2D eigenvalue weighted by atomic mass is 9.90. The van der Waals surface area contributed by atoms with Gasteiger partial charge >= 0.3 is 0 Å². The minimum absolute atomic E-state index is 0.780. The number of nitrogens with zero attached hydrogens (tertiary/aromatic N) is 1. The first-order valence-electron chi connectivity index (χ1n) is 7.75. The minimum Gasteiger partial charge on any atom is -0.314 e. The van der Waals surface area contributed by atoms with Crippen LogP contribution < -0.4 is 5.32 Å². The van der Waals surface area contributed by atoms with E-state index in [4.69, 9.17) is 0 Å². The lowest BCUT2D eigenvalue weighted by Gasteiger charge is -2.35. The van der Waals surface area contributed by atoms with Crippen molar-refractivity contribution >= 4 is 11.3 Å². The van der Waals surface area contributed by atoms with Crippen molar-refractivity contribution in [2.75, 3.05) is 20.1 Å². The molecule has 1 heterocycles. The molecule has 1 N–H and O–H groups in total. The van der Waals surface area contributed by atoms with Crippen LogP contribution in [-0.4, -0.2) is 37.1 Å². The van der Waals surface area contributed by atoms with E-state index in [2.05, 4.69) is 41.7 Å². The zero-order valence-corrected chi connectivity index (χ0v) is 13.2.